The number of methoxy groups -OCH3 is 1. The molecule has 0 aliphatic carbocycles. The molecule has 2 aromatic heterocycles. The molecule has 0 N–H and O–H groups in total. The Hall–Kier alpha value is -2.23. The van der Waals surface area contributed by atoms with Crippen molar-refractivity contribution in [1.29, 1.82) is 0 Å². The third-order valence-electron chi connectivity index (χ3n) is 3.02. The SMILES string of the molecule is COc1c2cc(C)oc2c(C=O)c2cc(C)oc12. The van der Waals surface area contributed by atoms with Crippen molar-refractivity contribution in [3.63, 3.8) is 0 Å². The fourth-order valence-electron chi connectivity index (χ4n) is 2.33. The van der Waals surface area contributed by atoms with Crippen LogP contribution >= 0.6 is 0 Å². The quantitative estimate of drug-likeness (QED) is 0.646. The summed E-state index contributed by atoms with van der Waals surface area (Å²) in [5.41, 5.74) is 1.64. The standard InChI is InChI=1S/C14H12O4/c1-7-4-9-11(6-15)12-10(5-8(2)17-12)13(16-3)14(9)18-7/h4-6H,1-3H3. The van der Waals surface area contributed by atoms with Crippen LogP contribution in [0.4, 0.5) is 0 Å². The first kappa shape index (κ1) is 10.9. The molecule has 92 valence electrons. The molecule has 0 aliphatic rings. The number of rotatable bonds is 2. The Labute approximate surface area is 103 Å². The van der Waals surface area contributed by atoms with Gasteiger partial charge in [-0.05, 0) is 26.0 Å². The summed E-state index contributed by atoms with van der Waals surface area (Å²) < 4.78 is 16.6. The summed E-state index contributed by atoms with van der Waals surface area (Å²) in [6, 6.07) is 3.66. The number of aryl methyl sites for hydroxylation is 2. The number of benzene rings is 1. The van der Waals surface area contributed by atoms with E-state index < -0.39 is 0 Å². The highest BCUT2D eigenvalue weighted by Gasteiger charge is 2.20. The van der Waals surface area contributed by atoms with Gasteiger partial charge in [0.1, 0.15) is 17.1 Å². The van der Waals surface area contributed by atoms with Crippen molar-refractivity contribution in [1.82, 2.24) is 0 Å². The number of hydrogen-bond donors (Lipinski definition) is 0. The lowest BCUT2D eigenvalue weighted by atomic mass is 10.1. The molecular formula is C14H12O4. The Morgan fingerprint density at radius 3 is 2.28 bits per heavy atom. The number of fused-ring (bicyclic) bond motifs is 2. The highest BCUT2D eigenvalue weighted by Crippen LogP contribution is 2.40. The molecule has 0 unspecified atom stereocenters. The van der Waals surface area contributed by atoms with E-state index in [0.29, 0.717) is 22.5 Å². The van der Waals surface area contributed by atoms with E-state index >= 15 is 0 Å². The first-order chi connectivity index (χ1) is 8.65. The first-order valence-corrected chi connectivity index (χ1v) is 5.61. The summed E-state index contributed by atoms with van der Waals surface area (Å²) in [6.07, 6.45) is 0.794. The van der Waals surface area contributed by atoms with Gasteiger partial charge < -0.3 is 13.6 Å². The maximum Gasteiger partial charge on any atom is 0.177 e. The van der Waals surface area contributed by atoms with Crippen molar-refractivity contribution in [3.05, 3.63) is 29.2 Å². The Kier molecular flexibility index (Phi) is 2.20. The van der Waals surface area contributed by atoms with E-state index in [-0.39, 0.29) is 0 Å². The number of hydrogen-bond acceptors (Lipinski definition) is 4. The second-order valence-electron chi connectivity index (χ2n) is 4.26. The van der Waals surface area contributed by atoms with Gasteiger partial charge in [-0.25, -0.2) is 0 Å². The third kappa shape index (κ3) is 1.29. The molecule has 0 fully saturated rings. The van der Waals surface area contributed by atoms with E-state index in [9.17, 15) is 4.79 Å². The van der Waals surface area contributed by atoms with Crippen LogP contribution in [0.3, 0.4) is 0 Å². The predicted octanol–water partition coefficient (Wildman–Crippen LogP) is 3.62. The second kappa shape index (κ2) is 3.63. The zero-order valence-corrected chi connectivity index (χ0v) is 10.4. The van der Waals surface area contributed by atoms with Crippen LogP contribution in [0.25, 0.3) is 21.9 Å². The zero-order valence-electron chi connectivity index (χ0n) is 10.4. The van der Waals surface area contributed by atoms with Gasteiger partial charge in [0.15, 0.2) is 17.6 Å². The molecular weight excluding hydrogens is 232 g/mol. The van der Waals surface area contributed by atoms with Crippen LogP contribution in [-0.4, -0.2) is 13.4 Å². The topological polar surface area (TPSA) is 52.6 Å². The van der Waals surface area contributed by atoms with E-state index in [1.165, 1.54) is 0 Å². The smallest absolute Gasteiger partial charge is 0.177 e. The van der Waals surface area contributed by atoms with Crippen LogP contribution < -0.4 is 4.74 Å². The van der Waals surface area contributed by atoms with Crippen LogP contribution in [0.5, 0.6) is 5.75 Å². The molecule has 0 amide bonds. The maximum atomic E-state index is 11.3. The summed E-state index contributed by atoms with van der Waals surface area (Å²) in [7, 11) is 1.58. The summed E-state index contributed by atoms with van der Waals surface area (Å²) in [5, 5.41) is 1.49. The van der Waals surface area contributed by atoms with Crippen molar-refractivity contribution in [3.8, 4) is 5.75 Å². The van der Waals surface area contributed by atoms with E-state index in [2.05, 4.69) is 0 Å². The van der Waals surface area contributed by atoms with Crippen LogP contribution in [0.1, 0.15) is 21.9 Å². The number of ether oxygens (including phenoxy) is 1. The molecule has 3 rings (SSSR count). The molecule has 4 nitrogen and oxygen atoms in total. The average molecular weight is 244 g/mol. The monoisotopic (exact) mass is 244 g/mol. The Balaban J connectivity index is 2.63. The van der Waals surface area contributed by atoms with Crippen molar-refractivity contribution in [2.45, 2.75) is 13.8 Å². The molecule has 0 bridgehead atoms. The van der Waals surface area contributed by atoms with Gasteiger partial charge in [0.25, 0.3) is 0 Å². The van der Waals surface area contributed by atoms with Crippen molar-refractivity contribution in [2.75, 3.05) is 7.11 Å². The molecule has 0 aliphatic heterocycles. The molecule has 0 saturated carbocycles. The molecule has 18 heavy (non-hydrogen) atoms. The van der Waals surface area contributed by atoms with E-state index in [1.54, 1.807) is 7.11 Å². The fraction of sp³-hybridized carbons (Fsp3) is 0.214. The summed E-state index contributed by atoms with van der Waals surface area (Å²) in [6.45, 7) is 3.67. The first-order valence-electron chi connectivity index (χ1n) is 5.61. The second-order valence-corrected chi connectivity index (χ2v) is 4.26. The average Bonchev–Trinajstić information content (AvgIpc) is 2.87. The van der Waals surface area contributed by atoms with E-state index in [1.807, 2.05) is 26.0 Å². The highest BCUT2D eigenvalue weighted by atomic mass is 16.5. The van der Waals surface area contributed by atoms with Gasteiger partial charge in [-0.2, -0.15) is 0 Å². The largest absolute Gasteiger partial charge is 0.492 e. The Bertz CT molecular complexity index is 703. The van der Waals surface area contributed by atoms with Gasteiger partial charge >= 0.3 is 0 Å². The normalized spacial score (nSPS) is 11.3. The molecule has 0 spiro atoms. The number of furan rings is 2. The minimum atomic E-state index is 0.505. The van der Waals surface area contributed by atoms with Crippen molar-refractivity contribution in [2.24, 2.45) is 0 Å². The molecule has 3 aromatic rings. The van der Waals surface area contributed by atoms with Crippen molar-refractivity contribution >= 4 is 28.2 Å². The van der Waals surface area contributed by atoms with Crippen molar-refractivity contribution < 1.29 is 18.4 Å². The lowest BCUT2D eigenvalue weighted by molar-refractivity contribution is 0.112. The lowest BCUT2D eigenvalue weighted by Crippen LogP contribution is -1.88. The summed E-state index contributed by atoms with van der Waals surface area (Å²) >= 11 is 0. The van der Waals surface area contributed by atoms with Gasteiger partial charge in [-0.3, -0.25) is 4.79 Å². The van der Waals surface area contributed by atoms with Crippen LogP contribution in [0.15, 0.2) is 21.0 Å². The van der Waals surface area contributed by atoms with Crippen LogP contribution in [0.2, 0.25) is 0 Å². The Morgan fingerprint density at radius 2 is 1.67 bits per heavy atom. The summed E-state index contributed by atoms with van der Waals surface area (Å²) in [5.74, 6) is 2.07. The van der Waals surface area contributed by atoms with Crippen LogP contribution in [0, 0.1) is 13.8 Å². The Morgan fingerprint density at radius 1 is 1.06 bits per heavy atom. The van der Waals surface area contributed by atoms with Gasteiger partial charge in [-0.15, -0.1) is 0 Å². The van der Waals surface area contributed by atoms with Gasteiger partial charge in [0.05, 0.1) is 18.1 Å². The molecule has 0 atom stereocenters. The minimum absolute atomic E-state index is 0.505. The molecule has 4 heteroatoms. The van der Waals surface area contributed by atoms with Crippen LogP contribution in [-0.2, 0) is 0 Å². The number of aldehydes is 1. The number of carbonyl (C=O) groups is 1. The maximum absolute atomic E-state index is 11.3. The molecule has 2 heterocycles. The molecule has 0 radical (unpaired) electrons. The predicted molar refractivity (Wildman–Crippen MR) is 67.4 cm³/mol. The lowest BCUT2D eigenvalue weighted by Gasteiger charge is -2.04. The third-order valence-corrected chi connectivity index (χ3v) is 3.02. The van der Waals surface area contributed by atoms with Gasteiger partial charge in [0.2, 0.25) is 0 Å². The van der Waals surface area contributed by atoms with Gasteiger partial charge in [0, 0.05) is 5.39 Å². The highest BCUT2D eigenvalue weighted by molar-refractivity contribution is 6.13. The van der Waals surface area contributed by atoms with Gasteiger partial charge in [-0.1, -0.05) is 0 Å². The van der Waals surface area contributed by atoms with E-state index in [0.717, 1.165) is 28.6 Å². The molecule has 0 saturated heterocycles. The van der Waals surface area contributed by atoms with E-state index in [4.69, 9.17) is 13.6 Å². The number of carbonyl (C=O) groups excluding carboxylic acids is 1. The summed E-state index contributed by atoms with van der Waals surface area (Å²) in [4.78, 5) is 11.3. The molecule has 1 aromatic carbocycles. The zero-order chi connectivity index (χ0) is 12.9. The fourth-order valence-corrected chi connectivity index (χ4v) is 2.33. The minimum Gasteiger partial charge on any atom is -0.492 e.